The van der Waals surface area contributed by atoms with Crippen LogP contribution >= 0.6 is 11.3 Å². The molecule has 0 aliphatic heterocycles. The van der Waals surface area contributed by atoms with Gasteiger partial charge >= 0.3 is 5.97 Å². The summed E-state index contributed by atoms with van der Waals surface area (Å²) in [7, 11) is 0. The number of hydrogen-bond acceptors (Lipinski definition) is 9. The summed E-state index contributed by atoms with van der Waals surface area (Å²) in [6, 6.07) is 7.97. The molecule has 36 heavy (non-hydrogen) atoms. The number of hydrogen-bond donors (Lipinski definition) is 3. The normalized spacial score (nSPS) is 10.9. The Morgan fingerprint density at radius 3 is 2.81 bits per heavy atom. The molecule has 4 aromatic rings. The van der Waals surface area contributed by atoms with E-state index in [2.05, 4.69) is 36.6 Å². The summed E-state index contributed by atoms with van der Waals surface area (Å²) in [5.74, 6) is 0.202. The molecule has 0 saturated carbocycles. The highest BCUT2D eigenvalue weighted by Gasteiger charge is 2.17. The first-order chi connectivity index (χ1) is 17.6. The fourth-order valence-corrected chi connectivity index (χ4v) is 4.78. The van der Waals surface area contributed by atoms with Gasteiger partial charge in [0.05, 0.1) is 23.9 Å². The van der Waals surface area contributed by atoms with Crippen LogP contribution in [0.4, 0.5) is 5.95 Å². The first-order valence-electron chi connectivity index (χ1n) is 12.0. The van der Waals surface area contributed by atoms with Crippen LogP contribution in [-0.4, -0.2) is 52.1 Å². The van der Waals surface area contributed by atoms with Crippen molar-refractivity contribution in [3.05, 3.63) is 58.5 Å². The van der Waals surface area contributed by atoms with Gasteiger partial charge in [0.25, 0.3) is 0 Å². The van der Waals surface area contributed by atoms with Gasteiger partial charge in [-0.2, -0.15) is 5.26 Å². The highest BCUT2D eigenvalue weighted by atomic mass is 32.1. The maximum Gasteiger partial charge on any atom is 0.350 e. The van der Waals surface area contributed by atoms with Crippen molar-refractivity contribution in [3.63, 3.8) is 0 Å². The number of ether oxygens (including phenoxy) is 1. The number of fused-ring (bicyclic) bond motifs is 1. The molecule has 186 valence electrons. The van der Waals surface area contributed by atoms with E-state index in [-0.39, 0.29) is 5.97 Å². The first-order valence-corrected chi connectivity index (χ1v) is 12.8. The molecule has 0 aliphatic rings. The number of nitrogens with zero attached hydrogens (tertiary/aromatic N) is 4. The molecular weight excluding hydrogens is 474 g/mol. The summed E-state index contributed by atoms with van der Waals surface area (Å²) < 4.78 is 5.08. The van der Waals surface area contributed by atoms with Crippen LogP contribution in [0, 0.1) is 18.3 Å². The van der Waals surface area contributed by atoms with Crippen LogP contribution in [0.3, 0.4) is 0 Å². The number of aromatic nitrogens is 4. The van der Waals surface area contributed by atoms with E-state index < -0.39 is 0 Å². The number of nitriles is 1. The number of rotatable bonds is 12. The largest absolute Gasteiger partial charge is 0.462 e. The Bertz CT molecular complexity index is 1360. The van der Waals surface area contributed by atoms with E-state index in [9.17, 15) is 4.79 Å². The van der Waals surface area contributed by atoms with Gasteiger partial charge in [-0.1, -0.05) is 0 Å². The van der Waals surface area contributed by atoms with Crippen molar-refractivity contribution in [1.29, 1.82) is 5.26 Å². The third kappa shape index (κ3) is 6.24. The topological polar surface area (TPSA) is 129 Å². The van der Waals surface area contributed by atoms with Crippen LogP contribution in [0.2, 0.25) is 0 Å². The quantitative estimate of drug-likeness (QED) is 0.191. The smallest absolute Gasteiger partial charge is 0.350 e. The Kier molecular flexibility index (Phi) is 8.60. The Hall–Kier alpha value is -3.81. The van der Waals surface area contributed by atoms with Gasteiger partial charge in [0, 0.05) is 48.1 Å². The molecule has 3 heterocycles. The van der Waals surface area contributed by atoms with Crippen LogP contribution in [-0.2, 0) is 11.2 Å². The van der Waals surface area contributed by atoms with Crippen molar-refractivity contribution >= 4 is 34.2 Å². The zero-order valence-electron chi connectivity index (χ0n) is 20.4. The number of unbranched alkanes of at least 4 members (excludes halogenated alkanes) is 1. The van der Waals surface area contributed by atoms with Gasteiger partial charge in [0.1, 0.15) is 9.88 Å². The Morgan fingerprint density at radius 1 is 1.19 bits per heavy atom. The Labute approximate surface area is 214 Å². The number of nitrogens with one attached hydrogen (secondary N) is 3. The fourth-order valence-electron chi connectivity index (χ4n) is 3.84. The van der Waals surface area contributed by atoms with Crippen LogP contribution < -0.4 is 10.6 Å². The molecule has 0 spiro atoms. The van der Waals surface area contributed by atoms with Crippen LogP contribution in [0.5, 0.6) is 0 Å². The second kappa shape index (κ2) is 12.2. The summed E-state index contributed by atoms with van der Waals surface area (Å²) in [6.07, 6.45) is 8.58. The summed E-state index contributed by atoms with van der Waals surface area (Å²) in [6.45, 7) is 6.35. The van der Waals surface area contributed by atoms with E-state index >= 15 is 0 Å². The second-order valence-electron chi connectivity index (χ2n) is 8.27. The average molecular weight is 504 g/mol. The van der Waals surface area contributed by atoms with Gasteiger partial charge in [0.15, 0.2) is 0 Å². The molecule has 3 N–H and O–H groups in total. The average Bonchev–Trinajstić information content (AvgIpc) is 3.49. The van der Waals surface area contributed by atoms with E-state index in [1.165, 1.54) is 16.9 Å². The minimum absolute atomic E-state index is 0.333. The van der Waals surface area contributed by atoms with Crippen molar-refractivity contribution in [2.75, 3.05) is 31.6 Å². The number of aryl methyl sites for hydroxylation is 2. The van der Waals surface area contributed by atoms with Crippen LogP contribution in [0.1, 0.15) is 46.3 Å². The molecule has 9 nitrogen and oxygen atoms in total. The number of carbonyl (C=O) groups is 1. The van der Waals surface area contributed by atoms with Crippen molar-refractivity contribution in [3.8, 4) is 16.6 Å². The molecule has 0 atom stereocenters. The zero-order valence-corrected chi connectivity index (χ0v) is 21.2. The minimum atomic E-state index is -0.349. The van der Waals surface area contributed by atoms with Crippen LogP contribution in [0.25, 0.3) is 21.5 Å². The highest BCUT2D eigenvalue weighted by Crippen LogP contribution is 2.28. The van der Waals surface area contributed by atoms with Gasteiger partial charge in [-0.25, -0.2) is 19.7 Å². The maximum atomic E-state index is 12.0. The second-order valence-corrected chi connectivity index (χ2v) is 9.27. The third-order valence-electron chi connectivity index (χ3n) is 5.69. The monoisotopic (exact) mass is 503 g/mol. The number of thiazole rings is 1. The van der Waals surface area contributed by atoms with E-state index in [0.717, 1.165) is 48.8 Å². The molecule has 0 radical (unpaired) electrons. The molecule has 10 heteroatoms. The zero-order chi connectivity index (χ0) is 25.3. The lowest BCUT2D eigenvalue weighted by Gasteiger charge is -2.07. The van der Waals surface area contributed by atoms with Gasteiger partial charge in [-0.3, -0.25) is 0 Å². The SMILES string of the molecule is CCOC(=O)c1sc(-c2cnc(NCCNCCCCc3c[nH]c4ccc(C#N)cc34)nc2)nc1C. The number of anilines is 1. The summed E-state index contributed by atoms with van der Waals surface area (Å²) in [4.78, 5) is 29.0. The predicted octanol–water partition coefficient (Wildman–Crippen LogP) is 4.46. The lowest BCUT2D eigenvalue weighted by molar-refractivity contribution is 0.0531. The lowest BCUT2D eigenvalue weighted by Crippen LogP contribution is -2.23. The van der Waals surface area contributed by atoms with Crippen molar-refractivity contribution in [2.24, 2.45) is 0 Å². The minimum Gasteiger partial charge on any atom is -0.462 e. The number of benzene rings is 1. The first kappa shape index (κ1) is 25.3. The Morgan fingerprint density at radius 2 is 2.03 bits per heavy atom. The van der Waals surface area contributed by atoms with Gasteiger partial charge in [-0.15, -0.1) is 11.3 Å². The highest BCUT2D eigenvalue weighted by molar-refractivity contribution is 7.17. The number of carbonyl (C=O) groups excluding carboxylic acids is 1. The molecule has 0 saturated heterocycles. The number of aromatic amines is 1. The standard InChI is InChI=1S/C26H29N7O2S/c1-3-35-25(34)23-17(2)33-24(36-23)20-15-31-26(32-16-20)29-11-10-28-9-5-4-6-19-14-30-22-8-7-18(13-27)12-21(19)22/h7-8,12,14-16,28,30H,3-6,9-11H2,1-2H3,(H,29,31,32). The molecule has 0 bridgehead atoms. The van der Waals surface area contributed by atoms with Crippen molar-refractivity contribution in [1.82, 2.24) is 25.3 Å². The molecule has 3 aromatic heterocycles. The maximum absolute atomic E-state index is 12.0. The Balaban J connectivity index is 1.15. The molecule has 0 amide bonds. The fraction of sp³-hybridized carbons (Fsp3) is 0.346. The molecule has 0 unspecified atom stereocenters. The number of H-pyrrole nitrogens is 1. The van der Waals surface area contributed by atoms with E-state index in [4.69, 9.17) is 10.00 Å². The van der Waals surface area contributed by atoms with E-state index in [1.807, 2.05) is 24.4 Å². The number of esters is 1. The molecule has 4 rings (SSSR count). The molecule has 1 aromatic carbocycles. The van der Waals surface area contributed by atoms with Gasteiger partial charge in [-0.05, 0) is 63.4 Å². The lowest BCUT2D eigenvalue weighted by atomic mass is 10.1. The van der Waals surface area contributed by atoms with Crippen molar-refractivity contribution < 1.29 is 9.53 Å². The van der Waals surface area contributed by atoms with Crippen molar-refractivity contribution in [2.45, 2.75) is 33.1 Å². The van der Waals surface area contributed by atoms with Gasteiger partial charge in [0.2, 0.25) is 5.95 Å². The molecular formula is C26H29N7O2S. The predicted molar refractivity (Wildman–Crippen MR) is 141 cm³/mol. The summed E-state index contributed by atoms with van der Waals surface area (Å²) in [5.41, 5.74) is 4.44. The van der Waals surface area contributed by atoms with Gasteiger partial charge < -0.3 is 20.4 Å². The van der Waals surface area contributed by atoms with Crippen LogP contribution in [0.15, 0.2) is 36.8 Å². The molecule has 0 fully saturated rings. The summed E-state index contributed by atoms with van der Waals surface area (Å²) in [5, 5.41) is 17.6. The van der Waals surface area contributed by atoms with E-state index in [0.29, 0.717) is 40.2 Å². The van der Waals surface area contributed by atoms with E-state index in [1.54, 1.807) is 26.2 Å². The third-order valence-corrected chi connectivity index (χ3v) is 6.87. The molecule has 0 aliphatic carbocycles. The summed E-state index contributed by atoms with van der Waals surface area (Å²) >= 11 is 1.29.